The van der Waals surface area contributed by atoms with Crippen LogP contribution in [0.5, 0.6) is 5.88 Å². The maximum absolute atomic E-state index is 14.1. The number of carbonyl (C=O) groups is 1. The Bertz CT molecular complexity index is 2250. The maximum atomic E-state index is 14.1. The third-order valence-electron chi connectivity index (χ3n) is 10.8. The van der Waals surface area contributed by atoms with Gasteiger partial charge < -0.3 is 36.5 Å². The number of aromatic nitrogens is 6. The summed E-state index contributed by atoms with van der Waals surface area (Å²) in [5.74, 6) is 1.21. The molecule has 0 spiro atoms. The molecule has 22 nitrogen and oxygen atoms in total. The molecular weight excluding hydrogens is 805 g/mol. The summed E-state index contributed by atoms with van der Waals surface area (Å²) in [5, 5.41) is 37.4. The molecule has 0 aromatic carbocycles. The van der Waals surface area contributed by atoms with E-state index in [1.807, 2.05) is 6.07 Å². The normalized spacial score (nSPS) is 18.9. The Morgan fingerprint density at radius 2 is 1.35 bits per heavy atom. The average molecular weight is 859 g/mol. The number of nitrogens with two attached hydrogens (primary N) is 1. The molecule has 0 bridgehead atoms. The predicted octanol–water partition coefficient (Wildman–Crippen LogP) is 5.35. The van der Waals surface area contributed by atoms with Crippen molar-refractivity contribution in [3.63, 3.8) is 0 Å². The van der Waals surface area contributed by atoms with Gasteiger partial charge in [0, 0.05) is 55.7 Å². The molecule has 2 aliphatic carbocycles. The number of rotatable bonds is 17. The third-order valence-corrected chi connectivity index (χ3v) is 10.8. The van der Waals surface area contributed by atoms with Gasteiger partial charge in [-0.1, -0.05) is 12.1 Å². The number of hydrogen-bond acceptors (Lipinski definition) is 18. The Balaban J connectivity index is 1.12. The van der Waals surface area contributed by atoms with Crippen molar-refractivity contribution >= 4 is 41.0 Å². The van der Waals surface area contributed by atoms with E-state index in [1.54, 1.807) is 45.2 Å². The van der Waals surface area contributed by atoms with Crippen LogP contribution in [0.2, 0.25) is 0 Å². The van der Waals surface area contributed by atoms with E-state index < -0.39 is 33.1 Å². The first-order valence-corrected chi connectivity index (χ1v) is 20.6. The minimum Gasteiger partial charge on any atom is -0.481 e. The fourth-order valence-electron chi connectivity index (χ4n) is 7.56. The summed E-state index contributed by atoms with van der Waals surface area (Å²) in [4.78, 5) is 71.7. The number of ether oxygens (including phenoxy) is 2. The molecule has 2 saturated carbocycles. The summed E-state index contributed by atoms with van der Waals surface area (Å²) in [6.07, 6.45) is 10.6. The van der Waals surface area contributed by atoms with Crippen molar-refractivity contribution in [1.29, 1.82) is 0 Å². The SMILES string of the molecule is COc1ncccc1CNc1ncc([N+](=O)[O-])c(NCC2CCC(N(C(=O)OC(C)(C)C)n3cccc(CNc4ncc([N+](=O)[O-])c(NCC5CCC(N)CC5)n4)c3=O)CC2)n1. The highest BCUT2D eigenvalue weighted by molar-refractivity contribution is 5.79. The summed E-state index contributed by atoms with van der Waals surface area (Å²) in [6.45, 7) is 6.34. The van der Waals surface area contributed by atoms with Crippen LogP contribution < -0.4 is 42.3 Å². The van der Waals surface area contributed by atoms with Gasteiger partial charge >= 0.3 is 17.5 Å². The zero-order valence-electron chi connectivity index (χ0n) is 35.3. The summed E-state index contributed by atoms with van der Waals surface area (Å²) >= 11 is 0. The summed E-state index contributed by atoms with van der Waals surface area (Å²) in [5.41, 5.74) is 5.21. The molecule has 0 unspecified atom stereocenters. The number of nitrogens with one attached hydrogen (secondary N) is 4. The zero-order chi connectivity index (χ0) is 44.4. The van der Waals surface area contributed by atoms with Gasteiger partial charge in [0.25, 0.3) is 5.56 Å². The van der Waals surface area contributed by atoms with E-state index >= 15 is 0 Å². The van der Waals surface area contributed by atoms with Gasteiger partial charge in [0.2, 0.25) is 29.4 Å². The number of amides is 1. The van der Waals surface area contributed by atoms with Gasteiger partial charge in [-0.2, -0.15) is 9.97 Å². The third kappa shape index (κ3) is 11.8. The van der Waals surface area contributed by atoms with E-state index in [0.29, 0.717) is 50.6 Å². The fraction of sp³-hybridized carbons (Fsp3) is 0.525. The smallest absolute Gasteiger partial charge is 0.429 e. The molecule has 4 heterocycles. The van der Waals surface area contributed by atoms with E-state index in [-0.39, 0.29) is 65.5 Å². The summed E-state index contributed by atoms with van der Waals surface area (Å²) in [6, 6.07) is 6.62. The topological polar surface area (TPSA) is 286 Å². The van der Waals surface area contributed by atoms with Crippen LogP contribution in [-0.2, 0) is 17.8 Å². The summed E-state index contributed by atoms with van der Waals surface area (Å²) in [7, 11) is 1.52. The van der Waals surface area contributed by atoms with Gasteiger partial charge in [-0.25, -0.2) is 29.4 Å². The second-order valence-electron chi connectivity index (χ2n) is 16.5. The maximum Gasteiger partial charge on any atom is 0.429 e. The minimum absolute atomic E-state index is 0.0396. The van der Waals surface area contributed by atoms with Crippen LogP contribution in [0.1, 0.15) is 83.3 Å². The van der Waals surface area contributed by atoms with Crippen LogP contribution in [0.15, 0.2) is 53.8 Å². The summed E-state index contributed by atoms with van der Waals surface area (Å²) < 4.78 is 12.4. The molecule has 6 rings (SSSR count). The van der Waals surface area contributed by atoms with Gasteiger partial charge in [0.15, 0.2) is 0 Å². The first-order valence-electron chi connectivity index (χ1n) is 20.6. The number of anilines is 4. The Labute approximate surface area is 357 Å². The van der Waals surface area contributed by atoms with Crippen molar-refractivity contribution < 1.29 is 24.1 Å². The number of methoxy groups -OCH3 is 1. The van der Waals surface area contributed by atoms with Crippen LogP contribution in [0.4, 0.5) is 39.7 Å². The van der Waals surface area contributed by atoms with E-state index in [1.165, 1.54) is 23.0 Å². The molecule has 4 aromatic heterocycles. The van der Waals surface area contributed by atoms with Crippen LogP contribution in [0.3, 0.4) is 0 Å². The standard InChI is InChI=1S/C40H54N14O8/c1-40(2,3)62-39(56)52(30-15-11-26(12-16-30)20-44-34-31(53(57)58)23-47-37(49-34)45-21-27-7-5-17-42-35(27)61-4)51-18-6-8-28(36(51)55)22-46-38-48-24-32(54(59)60)33(50-38)43-19-25-9-13-29(41)14-10-25/h5-8,17-18,23-26,29-30H,9-16,19-22,41H2,1-4H3,(H2,43,46,48,50)(H2,44,45,47,49). The minimum atomic E-state index is -0.855. The lowest BCUT2D eigenvalue weighted by atomic mass is 9.85. The molecule has 62 heavy (non-hydrogen) atoms. The van der Waals surface area contributed by atoms with Crippen molar-refractivity contribution in [2.45, 2.75) is 103 Å². The van der Waals surface area contributed by atoms with Crippen LogP contribution in [0, 0.1) is 32.1 Å². The average Bonchev–Trinajstić information content (AvgIpc) is 3.24. The zero-order valence-corrected chi connectivity index (χ0v) is 35.3. The molecule has 2 aliphatic rings. The Morgan fingerprint density at radius 3 is 1.89 bits per heavy atom. The predicted molar refractivity (Wildman–Crippen MR) is 231 cm³/mol. The monoisotopic (exact) mass is 858 g/mol. The van der Waals surface area contributed by atoms with Crippen molar-refractivity contribution in [3.05, 3.63) is 90.8 Å². The van der Waals surface area contributed by atoms with Crippen LogP contribution in [0.25, 0.3) is 0 Å². The van der Waals surface area contributed by atoms with Gasteiger partial charge in [-0.05, 0) is 96.1 Å². The first kappa shape index (κ1) is 44.8. The first-order chi connectivity index (χ1) is 29.7. The molecule has 22 heteroatoms. The molecule has 2 fully saturated rings. The van der Waals surface area contributed by atoms with Gasteiger partial charge in [0.05, 0.1) is 23.0 Å². The Morgan fingerprint density at radius 1 is 0.823 bits per heavy atom. The number of nitrogens with zero attached hydrogens (tertiary/aromatic N) is 9. The number of nitro groups is 2. The van der Waals surface area contributed by atoms with Crippen molar-refractivity contribution in [3.8, 4) is 5.88 Å². The molecule has 0 radical (unpaired) electrons. The van der Waals surface area contributed by atoms with Crippen LogP contribution in [-0.4, -0.2) is 83.4 Å². The lowest BCUT2D eigenvalue weighted by Gasteiger charge is -2.38. The fourth-order valence-corrected chi connectivity index (χ4v) is 7.56. The molecule has 4 aromatic rings. The highest BCUT2D eigenvalue weighted by Crippen LogP contribution is 2.31. The van der Waals surface area contributed by atoms with Gasteiger partial charge in [-0.3, -0.25) is 25.0 Å². The quantitative estimate of drug-likeness (QED) is 0.0661. The largest absolute Gasteiger partial charge is 0.481 e. The molecular formula is C40H54N14O8. The molecule has 1 amide bonds. The van der Waals surface area contributed by atoms with Crippen molar-refractivity contribution in [2.75, 3.05) is 46.5 Å². The lowest BCUT2D eigenvalue weighted by molar-refractivity contribution is -0.384. The van der Waals surface area contributed by atoms with E-state index in [0.717, 1.165) is 43.6 Å². The van der Waals surface area contributed by atoms with E-state index in [2.05, 4.69) is 46.2 Å². The number of carbonyl (C=O) groups excluding carboxylic acids is 1. The molecule has 0 atom stereocenters. The molecule has 0 aliphatic heterocycles. The second-order valence-corrected chi connectivity index (χ2v) is 16.5. The highest BCUT2D eigenvalue weighted by Gasteiger charge is 2.34. The number of pyridine rings is 2. The Kier molecular flexibility index (Phi) is 14.6. The molecule has 6 N–H and O–H groups in total. The second kappa shape index (κ2) is 20.2. The molecule has 332 valence electrons. The Hall–Kier alpha value is -6.71. The van der Waals surface area contributed by atoms with Gasteiger partial charge in [-0.15, -0.1) is 0 Å². The highest BCUT2D eigenvalue weighted by atomic mass is 16.6. The van der Waals surface area contributed by atoms with Crippen molar-refractivity contribution in [2.24, 2.45) is 17.6 Å². The van der Waals surface area contributed by atoms with E-state index in [9.17, 15) is 29.8 Å². The van der Waals surface area contributed by atoms with Crippen molar-refractivity contribution in [1.82, 2.24) is 29.6 Å². The molecule has 0 saturated heterocycles. The van der Waals surface area contributed by atoms with E-state index in [4.69, 9.17) is 15.2 Å². The van der Waals surface area contributed by atoms with Crippen LogP contribution >= 0.6 is 0 Å². The number of hydrogen-bond donors (Lipinski definition) is 5. The lowest BCUT2D eigenvalue weighted by Crippen LogP contribution is -2.55. The van der Waals surface area contributed by atoms with Gasteiger partial charge in [0.1, 0.15) is 18.0 Å².